The SMILES string of the molecule is C[C@H]1CC[C@@H]2OC(C)(C)[C@@H](O)CC=C2[C@@]1(C)CC[C@]1(C)[C@@H](C)CC[C@@H]2OC(C)(C)[C@@]3(O)CC[C@]21O3. The van der Waals surface area contributed by atoms with Crippen molar-refractivity contribution in [2.24, 2.45) is 22.7 Å². The zero-order valence-corrected chi connectivity index (χ0v) is 23.4. The maximum absolute atomic E-state index is 11.5. The van der Waals surface area contributed by atoms with Gasteiger partial charge in [0.1, 0.15) is 11.2 Å². The highest BCUT2D eigenvalue weighted by Crippen LogP contribution is 2.66. The maximum Gasteiger partial charge on any atom is 0.195 e. The zero-order chi connectivity index (χ0) is 25.7. The second-order valence-electron chi connectivity index (χ2n) is 14.3. The Morgan fingerprint density at radius 2 is 1.57 bits per heavy atom. The molecule has 0 aromatic heterocycles. The Kier molecular flexibility index (Phi) is 6.00. The second-order valence-corrected chi connectivity index (χ2v) is 14.3. The van der Waals surface area contributed by atoms with Crippen LogP contribution in [0.25, 0.3) is 0 Å². The van der Waals surface area contributed by atoms with Crippen molar-refractivity contribution >= 4 is 0 Å². The first kappa shape index (κ1) is 26.2. The molecule has 2 aliphatic carbocycles. The van der Waals surface area contributed by atoms with Gasteiger partial charge in [0.25, 0.3) is 0 Å². The fraction of sp³-hybridized carbons (Fsp3) is 0.933. The fourth-order valence-electron chi connectivity index (χ4n) is 8.50. The summed E-state index contributed by atoms with van der Waals surface area (Å²) in [7, 11) is 0. The first-order valence-corrected chi connectivity index (χ1v) is 14.3. The summed E-state index contributed by atoms with van der Waals surface area (Å²) in [5.41, 5.74) is -0.334. The molecule has 0 radical (unpaired) electrons. The van der Waals surface area contributed by atoms with Crippen molar-refractivity contribution in [2.45, 2.75) is 154 Å². The van der Waals surface area contributed by atoms with Crippen molar-refractivity contribution < 1.29 is 24.4 Å². The Bertz CT molecular complexity index is 880. The molecule has 5 nitrogen and oxygen atoms in total. The van der Waals surface area contributed by atoms with Gasteiger partial charge >= 0.3 is 0 Å². The average Bonchev–Trinajstić information content (AvgIpc) is 3.06. The van der Waals surface area contributed by atoms with Crippen molar-refractivity contribution in [2.75, 3.05) is 0 Å². The molecule has 5 heteroatoms. The standard InChI is InChI=1S/C30H50O5/c1-19-9-12-22-21(11-13-23(31)25(3,4)33-22)27(19,7)15-16-28(8)20(2)10-14-24-29(28)17-18-30(32,35-29)26(5,6)34-24/h11,19-20,22-24,31-32H,9-10,12-18H2,1-8H3/t19-,20-,22-,23-,24-,27-,28+,29-,30+/m0/s1. The summed E-state index contributed by atoms with van der Waals surface area (Å²) in [5.74, 6) is -0.177. The molecule has 4 fully saturated rings. The molecule has 35 heavy (non-hydrogen) atoms. The van der Waals surface area contributed by atoms with Crippen LogP contribution in [0.5, 0.6) is 0 Å². The van der Waals surface area contributed by atoms with Crippen LogP contribution in [0.4, 0.5) is 0 Å². The van der Waals surface area contributed by atoms with E-state index in [4.69, 9.17) is 14.2 Å². The molecule has 2 N–H and O–H groups in total. The molecule has 1 spiro atoms. The summed E-state index contributed by atoms with van der Waals surface area (Å²) in [5, 5.41) is 22.2. The van der Waals surface area contributed by atoms with Crippen molar-refractivity contribution in [1.82, 2.24) is 0 Å². The third-order valence-corrected chi connectivity index (χ3v) is 11.9. The van der Waals surface area contributed by atoms with E-state index in [0.29, 0.717) is 24.7 Å². The third-order valence-electron chi connectivity index (χ3n) is 11.9. The van der Waals surface area contributed by atoms with Crippen LogP contribution in [0, 0.1) is 22.7 Å². The van der Waals surface area contributed by atoms with Gasteiger partial charge in [-0.3, -0.25) is 0 Å². The molecule has 3 heterocycles. The minimum atomic E-state index is -1.21. The Hall–Kier alpha value is -0.460. The zero-order valence-electron chi connectivity index (χ0n) is 23.4. The molecule has 2 bridgehead atoms. The van der Waals surface area contributed by atoms with Gasteiger partial charge in [-0.25, -0.2) is 0 Å². The minimum Gasteiger partial charge on any atom is -0.390 e. The summed E-state index contributed by atoms with van der Waals surface area (Å²) in [6.07, 6.45) is 10.5. The van der Waals surface area contributed by atoms with E-state index in [-0.39, 0.29) is 23.0 Å². The molecule has 2 saturated carbocycles. The highest BCUT2D eigenvalue weighted by Gasteiger charge is 2.72. The first-order valence-electron chi connectivity index (χ1n) is 14.3. The Labute approximate surface area is 213 Å². The molecule has 3 aliphatic heterocycles. The van der Waals surface area contributed by atoms with Crippen molar-refractivity contribution in [1.29, 1.82) is 0 Å². The predicted octanol–water partition coefficient (Wildman–Crippen LogP) is 5.91. The van der Waals surface area contributed by atoms with E-state index in [2.05, 4.69) is 33.8 Å². The van der Waals surface area contributed by atoms with Crippen LogP contribution in [0.2, 0.25) is 0 Å². The maximum atomic E-state index is 11.5. The van der Waals surface area contributed by atoms with Gasteiger partial charge in [-0.05, 0) is 102 Å². The molecular formula is C30H50O5. The van der Waals surface area contributed by atoms with Gasteiger partial charge < -0.3 is 24.4 Å². The summed E-state index contributed by atoms with van der Waals surface area (Å²) in [6, 6.07) is 0. The number of rotatable bonds is 3. The van der Waals surface area contributed by atoms with E-state index in [1.54, 1.807) is 0 Å². The summed E-state index contributed by atoms with van der Waals surface area (Å²) >= 11 is 0. The average molecular weight is 491 g/mol. The van der Waals surface area contributed by atoms with Crippen LogP contribution in [0.15, 0.2) is 11.6 Å². The third kappa shape index (κ3) is 3.58. The molecule has 200 valence electrons. The number of hydrogen-bond acceptors (Lipinski definition) is 5. The van der Waals surface area contributed by atoms with Gasteiger partial charge in [0.15, 0.2) is 5.79 Å². The lowest BCUT2D eigenvalue weighted by Crippen LogP contribution is -2.70. The van der Waals surface area contributed by atoms with Crippen LogP contribution >= 0.6 is 0 Å². The first-order chi connectivity index (χ1) is 16.1. The molecular weight excluding hydrogens is 440 g/mol. The monoisotopic (exact) mass is 490 g/mol. The molecule has 0 aromatic carbocycles. The number of aliphatic hydroxyl groups is 2. The summed E-state index contributed by atoms with van der Waals surface area (Å²) < 4.78 is 20.0. The van der Waals surface area contributed by atoms with E-state index in [9.17, 15) is 10.2 Å². The Morgan fingerprint density at radius 1 is 0.886 bits per heavy atom. The van der Waals surface area contributed by atoms with E-state index in [1.807, 2.05) is 27.7 Å². The highest BCUT2D eigenvalue weighted by molar-refractivity contribution is 5.26. The number of ether oxygens (including phenoxy) is 3. The number of fused-ring (bicyclic) bond motifs is 2. The number of aliphatic hydroxyl groups excluding tert-OH is 1. The van der Waals surface area contributed by atoms with Crippen LogP contribution in [-0.2, 0) is 14.2 Å². The Morgan fingerprint density at radius 3 is 2.29 bits per heavy atom. The second kappa shape index (κ2) is 8.02. The van der Waals surface area contributed by atoms with Crippen LogP contribution in [0.1, 0.15) is 113 Å². The quantitative estimate of drug-likeness (QED) is 0.482. The highest BCUT2D eigenvalue weighted by atomic mass is 16.7. The van der Waals surface area contributed by atoms with Gasteiger partial charge in [0, 0.05) is 11.8 Å². The summed E-state index contributed by atoms with van der Waals surface area (Å²) in [6.45, 7) is 17.6. The van der Waals surface area contributed by atoms with Crippen molar-refractivity contribution in [3.8, 4) is 0 Å². The fourth-order valence-corrected chi connectivity index (χ4v) is 8.50. The lowest BCUT2D eigenvalue weighted by atomic mass is 9.52. The van der Waals surface area contributed by atoms with E-state index in [1.165, 1.54) is 5.57 Å². The normalized spacial score (nSPS) is 52.7. The largest absolute Gasteiger partial charge is 0.390 e. The van der Waals surface area contributed by atoms with Gasteiger partial charge in [-0.1, -0.05) is 33.8 Å². The lowest BCUT2D eigenvalue weighted by molar-refractivity contribution is -0.410. The van der Waals surface area contributed by atoms with Crippen LogP contribution in [-0.4, -0.2) is 51.1 Å². The lowest BCUT2D eigenvalue weighted by Gasteiger charge is -2.62. The molecule has 0 amide bonds. The van der Waals surface area contributed by atoms with E-state index < -0.39 is 28.7 Å². The van der Waals surface area contributed by atoms with Crippen molar-refractivity contribution in [3.05, 3.63) is 11.6 Å². The molecule has 5 rings (SSSR count). The Balaban J connectivity index is 1.45. The van der Waals surface area contributed by atoms with E-state index >= 15 is 0 Å². The van der Waals surface area contributed by atoms with Gasteiger partial charge in [0.05, 0.1) is 23.9 Å². The van der Waals surface area contributed by atoms with Crippen LogP contribution < -0.4 is 0 Å². The van der Waals surface area contributed by atoms with Gasteiger partial charge in [-0.2, -0.15) is 0 Å². The molecule has 0 unspecified atom stereocenters. The molecule has 9 atom stereocenters. The smallest absolute Gasteiger partial charge is 0.195 e. The number of hydrogen-bond donors (Lipinski definition) is 2. The summed E-state index contributed by atoms with van der Waals surface area (Å²) in [4.78, 5) is 0. The molecule has 5 aliphatic rings. The minimum absolute atomic E-state index is 0.0130. The van der Waals surface area contributed by atoms with E-state index in [0.717, 1.165) is 44.9 Å². The van der Waals surface area contributed by atoms with Crippen molar-refractivity contribution in [3.63, 3.8) is 0 Å². The van der Waals surface area contributed by atoms with Crippen LogP contribution in [0.3, 0.4) is 0 Å². The predicted molar refractivity (Wildman–Crippen MR) is 137 cm³/mol. The molecule has 2 saturated heterocycles. The topological polar surface area (TPSA) is 68.2 Å². The molecule has 0 aromatic rings. The van der Waals surface area contributed by atoms with Gasteiger partial charge in [-0.15, -0.1) is 0 Å². The van der Waals surface area contributed by atoms with Gasteiger partial charge in [0.2, 0.25) is 0 Å².